The van der Waals surface area contributed by atoms with Crippen LogP contribution >= 0.6 is 23.4 Å². The van der Waals surface area contributed by atoms with Gasteiger partial charge in [0.1, 0.15) is 5.04 Å². The molecule has 0 saturated carbocycles. The first kappa shape index (κ1) is 19.7. The number of hydrogen-bond acceptors (Lipinski definition) is 4. The molecule has 0 atom stereocenters. The van der Waals surface area contributed by atoms with E-state index in [0.29, 0.717) is 10.2 Å². The summed E-state index contributed by atoms with van der Waals surface area (Å²) in [6, 6.07) is 7.93. The van der Waals surface area contributed by atoms with Crippen molar-refractivity contribution in [1.82, 2.24) is 9.58 Å². The van der Waals surface area contributed by atoms with Gasteiger partial charge in [-0.1, -0.05) is 24.6 Å². The van der Waals surface area contributed by atoms with Crippen LogP contribution in [0.25, 0.3) is 11.8 Å². The standard InChI is InChI=1S/C21H20ClN5OS/c1-5-18-25-27-19(23)16(20(28)24-21(27)29-18)9-14-8-12(3)26(13(14)4)15-7-6-11(2)17(22)10-15/h6-10,23H,5H2,1-4H3. The minimum atomic E-state index is -0.413. The molecule has 2 aliphatic rings. The zero-order chi connectivity index (χ0) is 20.9. The maximum absolute atomic E-state index is 12.6. The van der Waals surface area contributed by atoms with E-state index in [2.05, 4.69) is 14.7 Å². The minimum Gasteiger partial charge on any atom is -0.318 e. The number of carbonyl (C=O) groups excluding carboxylic acids is 1. The Bertz CT molecular complexity index is 1160. The van der Waals surface area contributed by atoms with E-state index in [1.165, 1.54) is 16.8 Å². The van der Waals surface area contributed by atoms with Crippen LogP contribution in [0.5, 0.6) is 0 Å². The molecule has 1 aromatic carbocycles. The molecule has 148 valence electrons. The monoisotopic (exact) mass is 425 g/mol. The van der Waals surface area contributed by atoms with E-state index < -0.39 is 5.91 Å². The molecule has 0 saturated heterocycles. The predicted molar refractivity (Wildman–Crippen MR) is 120 cm³/mol. The summed E-state index contributed by atoms with van der Waals surface area (Å²) in [5, 5.41) is 16.3. The average molecular weight is 426 g/mol. The lowest BCUT2D eigenvalue weighted by Crippen LogP contribution is -2.35. The number of fused-ring (bicyclic) bond motifs is 1. The maximum atomic E-state index is 12.6. The first-order valence-corrected chi connectivity index (χ1v) is 10.4. The summed E-state index contributed by atoms with van der Waals surface area (Å²) >= 11 is 7.65. The molecule has 2 aliphatic heterocycles. The van der Waals surface area contributed by atoms with Gasteiger partial charge in [0.2, 0.25) is 5.17 Å². The Kier molecular flexibility index (Phi) is 4.96. The SMILES string of the molecule is CCC1=NN2C(=N)C(=Cc3cc(C)n(-c4ccc(C)c(Cl)c4)c3C)C(=O)N=C2S1. The minimum absolute atomic E-state index is 0.0548. The molecule has 0 unspecified atom stereocenters. The average Bonchev–Trinajstić information content (AvgIpc) is 3.21. The topological polar surface area (TPSA) is 73.8 Å². The van der Waals surface area contributed by atoms with Gasteiger partial charge in [0.05, 0.1) is 5.57 Å². The molecule has 1 amide bonds. The van der Waals surface area contributed by atoms with Crippen LogP contribution in [0, 0.1) is 26.2 Å². The number of amides is 1. The Morgan fingerprint density at radius 1 is 1.24 bits per heavy atom. The lowest BCUT2D eigenvalue weighted by atomic mass is 10.1. The first-order chi connectivity index (χ1) is 13.8. The molecule has 4 rings (SSSR count). The molecule has 0 aliphatic carbocycles. The zero-order valence-corrected chi connectivity index (χ0v) is 18.1. The molecule has 0 bridgehead atoms. The Morgan fingerprint density at radius 2 is 2.00 bits per heavy atom. The predicted octanol–water partition coefficient (Wildman–Crippen LogP) is 5.09. The van der Waals surface area contributed by atoms with Crippen LogP contribution in [0.15, 0.2) is 39.9 Å². The molecule has 6 nitrogen and oxygen atoms in total. The van der Waals surface area contributed by atoms with Crippen molar-refractivity contribution in [3.63, 3.8) is 0 Å². The number of aryl methyl sites for hydroxylation is 2. The van der Waals surface area contributed by atoms with Crippen molar-refractivity contribution >= 4 is 51.4 Å². The van der Waals surface area contributed by atoms with Gasteiger partial charge in [-0.25, -0.2) is 0 Å². The molecule has 8 heteroatoms. The molecule has 1 N–H and O–H groups in total. The summed E-state index contributed by atoms with van der Waals surface area (Å²) in [5.41, 5.74) is 5.04. The Labute approximate surface area is 178 Å². The van der Waals surface area contributed by atoms with Gasteiger partial charge in [-0.3, -0.25) is 10.2 Å². The van der Waals surface area contributed by atoms with Gasteiger partial charge in [0.15, 0.2) is 5.84 Å². The summed E-state index contributed by atoms with van der Waals surface area (Å²) in [5.74, 6) is -0.358. The van der Waals surface area contributed by atoms with E-state index in [-0.39, 0.29) is 11.4 Å². The van der Waals surface area contributed by atoms with Crippen molar-refractivity contribution in [1.29, 1.82) is 5.41 Å². The Hall–Kier alpha value is -2.64. The highest BCUT2D eigenvalue weighted by Crippen LogP contribution is 2.31. The highest BCUT2D eigenvalue weighted by molar-refractivity contribution is 8.26. The van der Waals surface area contributed by atoms with Gasteiger partial charge in [0.25, 0.3) is 5.91 Å². The second-order valence-corrected chi connectivity index (χ2v) is 8.41. The molecule has 1 aromatic heterocycles. The maximum Gasteiger partial charge on any atom is 0.283 e. The largest absolute Gasteiger partial charge is 0.318 e. The third-order valence-corrected chi connectivity index (χ3v) is 6.44. The summed E-state index contributed by atoms with van der Waals surface area (Å²) in [6.45, 7) is 7.94. The summed E-state index contributed by atoms with van der Waals surface area (Å²) < 4.78 is 2.09. The fraction of sp³-hybridized carbons (Fsp3) is 0.238. The number of benzene rings is 1. The summed E-state index contributed by atoms with van der Waals surface area (Å²) in [6.07, 6.45) is 2.46. The number of hydrazone groups is 1. The van der Waals surface area contributed by atoms with E-state index in [0.717, 1.165) is 39.7 Å². The normalized spacial score (nSPS) is 17.7. The molecule has 0 spiro atoms. The molecule has 0 fully saturated rings. The third kappa shape index (κ3) is 3.34. The molecular formula is C21H20ClN5OS. The molecule has 2 aromatic rings. The van der Waals surface area contributed by atoms with E-state index in [9.17, 15) is 4.79 Å². The van der Waals surface area contributed by atoms with Gasteiger partial charge in [0, 0.05) is 22.1 Å². The van der Waals surface area contributed by atoms with Crippen LogP contribution in [-0.4, -0.2) is 31.5 Å². The number of amidine groups is 2. The molecule has 29 heavy (non-hydrogen) atoms. The Balaban J connectivity index is 1.76. The van der Waals surface area contributed by atoms with E-state index in [4.69, 9.17) is 17.0 Å². The van der Waals surface area contributed by atoms with Crippen LogP contribution < -0.4 is 0 Å². The van der Waals surface area contributed by atoms with Gasteiger partial charge in [-0.15, -0.1) is 0 Å². The van der Waals surface area contributed by atoms with Crippen molar-refractivity contribution in [2.75, 3.05) is 0 Å². The number of hydrogen-bond donors (Lipinski definition) is 1. The van der Waals surface area contributed by atoms with Gasteiger partial charge in [-0.05, 0) is 74.4 Å². The van der Waals surface area contributed by atoms with Crippen LogP contribution in [0.4, 0.5) is 0 Å². The molecule has 0 radical (unpaired) electrons. The fourth-order valence-electron chi connectivity index (χ4n) is 3.38. The summed E-state index contributed by atoms with van der Waals surface area (Å²) in [4.78, 5) is 16.7. The van der Waals surface area contributed by atoms with E-state index in [1.54, 1.807) is 6.08 Å². The number of nitrogens with zero attached hydrogens (tertiary/aromatic N) is 4. The highest BCUT2D eigenvalue weighted by Gasteiger charge is 2.35. The smallest absolute Gasteiger partial charge is 0.283 e. The van der Waals surface area contributed by atoms with Gasteiger partial charge in [-0.2, -0.15) is 15.1 Å². The second-order valence-electron chi connectivity index (χ2n) is 6.96. The van der Waals surface area contributed by atoms with Crippen molar-refractivity contribution in [2.24, 2.45) is 10.1 Å². The number of carbonyl (C=O) groups is 1. The Morgan fingerprint density at radius 3 is 2.69 bits per heavy atom. The van der Waals surface area contributed by atoms with Gasteiger partial charge < -0.3 is 4.57 Å². The van der Waals surface area contributed by atoms with Crippen LogP contribution in [0.1, 0.15) is 35.9 Å². The number of thioether (sulfide) groups is 1. The lowest BCUT2D eigenvalue weighted by molar-refractivity contribution is -0.114. The van der Waals surface area contributed by atoms with E-state index >= 15 is 0 Å². The number of nitrogens with one attached hydrogen (secondary N) is 1. The molecular weight excluding hydrogens is 406 g/mol. The van der Waals surface area contributed by atoms with Crippen LogP contribution in [0.3, 0.4) is 0 Å². The lowest BCUT2D eigenvalue weighted by Gasteiger charge is -2.20. The first-order valence-electron chi connectivity index (χ1n) is 9.24. The van der Waals surface area contributed by atoms with Gasteiger partial charge >= 0.3 is 0 Å². The summed E-state index contributed by atoms with van der Waals surface area (Å²) in [7, 11) is 0. The molecule has 3 heterocycles. The second kappa shape index (κ2) is 7.31. The number of rotatable bonds is 3. The quantitative estimate of drug-likeness (QED) is 0.696. The number of halogens is 1. The van der Waals surface area contributed by atoms with Crippen LogP contribution in [0.2, 0.25) is 5.02 Å². The van der Waals surface area contributed by atoms with Crippen molar-refractivity contribution in [3.8, 4) is 5.69 Å². The third-order valence-electron chi connectivity index (χ3n) is 4.98. The number of aliphatic imine (C=N–C) groups is 1. The zero-order valence-electron chi connectivity index (χ0n) is 16.6. The van der Waals surface area contributed by atoms with Crippen molar-refractivity contribution in [2.45, 2.75) is 34.1 Å². The fourth-order valence-corrected chi connectivity index (χ4v) is 4.38. The van der Waals surface area contributed by atoms with Crippen LogP contribution in [-0.2, 0) is 4.79 Å². The van der Waals surface area contributed by atoms with Crippen molar-refractivity contribution in [3.05, 3.63) is 57.4 Å². The van der Waals surface area contributed by atoms with Crippen molar-refractivity contribution < 1.29 is 4.79 Å². The number of aromatic nitrogens is 1. The van der Waals surface area contributed by atoms with E-state index in [1.807, 2.05) is 52.0 Å². The highest BCUT2D eigenvalue weighted by atomic mass is 35.5.